The molecule has 4 rings (SSSR count). The molecule has 0 unspecified atom stereocenters. The lowest BCUT2D eigenvalue weighted by Gasteiger charge is -2.14. The highest BCUT2D eigenvalue weighted by atomic mass is 32.2. The average molecular weight is 504 g/mol. The van der Waals surface area contributed by atoms with E-state index in [0.717, 1.165) is 16.9 Å². The number of nitrogens with zero attached hydrogens (tertiary/aromatic N) is 2. The zero-order chi connectivity index (χ0) is 24.2. The van der Waals surface area contributed by atoms with Crippen LogP contribution in [-0.4, -0.2) is 47.6 Å². The van der Waals surface area contributed by atoms with Crippen LogP contribution in [0, 0.1) is 13.8 Å². The summed E-state index contributed by atoms with van der Waals surface area (Å²) in [6, 6.07) is 6.73. The topological polar surface area (TPSA) is 114 Å². The monoisotopic (exact) mass is 503 g/mol. The molecule has 0 atom stereocenters. The molecule has 0 spiro atoms. The molecule has 33 heavy (non-hydrogen) atoms. The van der Waals surface area contributed by atoms with Gasteiger partial charge in [0.05, 0.1) is 41.6 Å². The Bertz CT molecular complexity index is 1460. The number of pyridine rings is 1. The first kappa shape index (κ1) is 23.4. The molecule has 1 aromatic carbocycles. The fourth-order valence-corrected chi connectivity index (χ4v) is 7.33. The van der Waals surface area contributed by atoms with Gasteiger partial charge in [0.15, 0.2) is 9.84 Å². The van der Waals surface area contributed by atoms with Crippen molar-refractivity contribution in [2.45, 2.75) is 42.0 Å². The number of hydrazine groups is 1. The van der Waals surface area contributed by atoms with Crippen molar-refractivity contribution in [2.75, 3.05) is 6.26 Å². The third-order valence-corrected chi connectivity index (χ3v) is 10.1. The Morgan fingerprint density at radius 3 is 2.42 bits per heavy atom. The van der Waals surface area contributed by atoms with Crippen molar-refractivity contribution in [3.05, 3.63) is 51.5 Å². The van der Waals surface area contributed by atoms with E-state index in [-0.39, 0.29) is 20.9 Å². The molecule has 3 amide bonds. The van der Waals surface area contributed by atoms with Crippen molar-refractivity contribution in [3.8, 4) is 0 Å². The number of aromatic nitrogens is 1. The van der Waals surface area contributed by atoms with E-state index in [1.165, 1.54) is 17.8 Å². The smallest absolute Gasteiger partial charge is 0.267 e. The lowest BCUT2D eigenvalue weighted by atomic mass is 10.0. The third kappa shape index (κ3) is 3.73. The summed E-state index contributed by atoms with van der Waals surface area (Å²) >= 11 is 2.22. The van der Waals surface area contributed by atoms with Gasteiger partial charge in [0.1, 0.15) is 0 Å². The van der Waals surface area contributed by atoms with Crippen LogP contribution in [0.5, 0.6) is 0 Å². The van der Waals surface area contributed by atoms with E-state index < -0.39 is 32.8 Å². The second-order valence-electron chi connectivity index (χ2n) is 7.91. The largest absolute Gasteiger partial charge is 0.282 e. The fourth-order valence-electron chi connectivity index (χ4n) is 3.62. The summed E-state index contributed by atoms with van der Waals surface area (Å²) in [4.78, 5) is 43.8. The number of hydrogen-bond acceptors (Lipinski definition) is 8. The van der Waals surface area contributed by atoms with Crippen LogP contribution in [0.3, 0.4) is 0 Å². The third-order valence-electron chi connectivity index (χ3n) is 5.37. The highest BCUT2D eigenvalue weighted by Gasteiger charge is 2.41. The maximum Gasteiger partial charge on any atom is 0.282 e. The van der Waals surface area contributed by atoms with Gasteiger partial charge in [-0.15, -0.1) is 23.1 Å². The Labute approximate surface area is 199 Å². The summed E-state index contributed by atoms with van der Waals surface area (Å²) in [6.07, 6.45) is 1.72. The van der Waals surface area contributed by atoms with Crippen molar-refractivity contribution in [1.82, 2.24) is 15.4 Å². The first-order valence-corrected chi connectivity index (χ1v) is 13.6. The van der Waals surface area contributed by atoms with Crippen molar-refractivity contribution in [3.63, 3.8) is 0 Å². The van der Waals surface area contributed by atoms with E-state index in [1.54, 1.807) is 39.2 Å². The molecule has 11 heteroatoms. The Balaban J connectivity index is 1.71. The van der Waals surface area contributed by atoms with Gasteiger partial charge in [-0.05, 0) is 52.1 Å². The van der Waals surface area contributed by atoms with Gasteiger partial charge in [0.25, 0.3) is 17.7 Å². The molecule has 172 valence electrons. The van der Waals surface area contributed by atoms with Crippen LogP contribution in [0.25, 0.3) is 10.9 Å². The minimum Gasteiger partial charge on any atom is -0.267 e. The summed E-state index contributed by atoms with van der Waals surface area (Å²) in [5.74, 6) is -2.06. The summed E-state index contributed by atoms with van der Waals surface area (Å²) in [6.45, 7) is 6.65. The van der Waals surface area contributed by atoms with Crippen molar-refractivity contribution in [2.24, 2.45) is 0 Å². The summed E-state index contributed by atoms with van der Waals surface area (Å²) < 4.78 is 25.8. The number of thiophene rings is 1. The molecule has 0 bridgehead atoms. The quantitative estimate of drug-likeness (QED) is 0.417. The van der Waals surface area contributed by atoms with Crippen LogP contribution in [0.15, 0.2) is 33.4 Å². The Morgan fingerprint density at radius 2 is 1.79 bits per heavy atom. The molecule has 0 saturated carbocycles. The molecule has 3 aromatic rings. The number of rotatable bonds is 5. The van der Waals surface area contributed by atoms with Crippen LogP contribution < -0.4 is 5.43 Å². The van der Waals surface area contributed by atoms with E-state index >= 15 is 0 Å². The van der Waals surface area contributed by atoms with Gasteiger partial charge >= 0.3 is 0 Å². The minimum atomic E-state index is -3.61. The number of amides is 3. The Kier molecular flexibility index (Phi) is 5.83. The standard InChI is InChI=1S/C22H21N3O5S3/c1-10(2)33(29,30)16-9-15(32-22(16)31-5)19(26)24-25-20(27)17-12(4)23-14-7-6-11(3)8-13(14)18(17)21(25)28/h6-10H,1-5H3,(H,24,26). The zero-order valence-corrected chi connectivity index (χ0v) is 21.0. The van der Waals surface area contributed by atoms with E-state index in [1.807, 2.05) is 13.0 Å². The number of carbonyl (C=O) groups excluding carboxylic acids is 3. The highest BCUT2D eigenvalue weighted by Crippen LogP contribution is 2.36. The minimum absolute atomic E-state index is 0.0732. The first-order valence-electron chi connectivity index (χ1n) is 9.99. The molecule has 8 nitrogen and oxygen atoms in total. The molecule has 0 fully saturated rings. The number of sulfone groups is 1. The molecule has 1 N–H and O–H groups in total. The number of imide groups is 1. The SMILES string of the molecule is CSc1sc(C(=O)NN2C(=O)c3c(C)nc4ccc(C)cc4c3C2=O)cc1S(=O)(=O)C(C)C. The second-order valence-corrected chi connectivity index (χ2v) is 12.5. The molecule has 3 heterocycles. The van der Waals surface area contributed by atoms with Crippen molar-refractivity contribution < 1.29 is 22.8 Å². The maximum atomic E-state index is 13.2. The molecule has 2 aromatic heterocycles. The summed E-state index contributed by atoms with van der Waals surface area (Å²) in [7, 11) is -3.61. The number of fused-ring (bicyclic) bond motifs is 3. The van der Waals surface area contributed by atoms with Gasteiger partial charge in [-0.2, -0.15) is 5.01 Å². The first-order chi connectivity index (χ1) is 15.5. The maximum absolute atomic E-state index is 13.2. The van der Waals surface area contributed by atoms with Gasteiger partial charge in [-0.25, -0.2) is 8.42 Å². The molecule has 1 aliphatic rings. The highest BCUT2D eigenvalue weighted by molar-refractivity contribution is 8.01. The van der Waals surface area contributed by atoms with E-state index in [9.17, 15) is 22.8 Å². The normalized spacial score (nSPS) is 13.8. The molecular weight excluding hydrogens is 482 g/mol. The van der Waals surface area contributed by atoms with Gasteiger partial charge in [0.2, 0.25) is 0 Å². The molecule has 0 saturated heterocycles. The van der Waals surface area contributed by atoms with Crippen LogP contribution >= 0.6 is 23.1 Å². The summed E-state index contributed by atoms with van der Waals surface area (Å²) in [5, 5.41) is 0.563. The second kappa shape index (κ2) is 8.23. The number of thioether (sulfide) groups is 1. The van der Waals surface area contributed by atoms with Crippen molar-refractivity contribution in [1.29, 1.82) is 0 Å². The Hall–Kier alpha value is -2.76. The van der Waals surface area contributed by atoms with E-state index in [0.29, 0.717) is 25.8 Å². The molecule has 1 aliphatic heterocycles. The predicted molar refractivity (Wildman–Crippen MR) is 128 cm³/mol. The van der Waals surface area contributed by atoms with E-state index in [2.05, 4.69) is 10.4 Å². The van der Waals surface area contributed by atoms with Crippen LogP contribution in [0.4, 0.5) is 0 Å². The van der Waals surface area contributed by atoms with E-state index in [4.69, 9.17) is 0 Å². The van der Waals surface area contributed by atoms with Gasteiger partial charge < -0.3 is 0 Å². The molecular formula is C22H21N3O5S3. The predicted octanol–water partition coefficient (Wildman–Crippen LogP) is 3.76. The van der Waals surface area contributed by atoms with Crippen LogP contribution in [0.1, 0.15) is 55.5 Å². The Morgan fingerprint density at radius 1 is 1.12 bits per heavy atom. The van der Waals surface area contributed by atoms with Gasteiger partial charge in [-0.3, -0.25) is 24.8 Å². The number of carbonyl (C=O) groups is 3. The number of hydrogen-bond donors (Lipinski definition) is 1. The lowest BCUT2D eigenvalue weighted by Crippen LogP contribution is -2.45. The van der Waals surface area contributed by atoms with Gasteiger partial charge in [0, 0.05) is 5.39 Å². The summed E-state index contributed by atoms with van der Waals surface area (Å²) in [5.41, 5.74) is 4.59. The number of nitrogens with one attached hydrogen (secondary N) is 1. The van der Waals surface area contributed by atoms with Gasteiger partial charge in [-0.1, -0.05) is 11.6 Å². The lowest BCUT2D eigenvalue weighted by molar-refractivity contribution is 0.0519. The fraction of sp³-hybridized carbons (Fsp3) is 0.273. The number of benzene rings is 1. The number of aryl methyl sites for hydroxylation is 2. The average Bonchev–Trinajstić information content (AvgIpc) is 3.30. The molecule has 0 aliphatic carbocycles. The molecule has 0 radical (unpaired) electrons. The van der Waals surface area contributed by atoms with Crippen LogP contribution in [0.2, 0.25) is 0 Å². The zero-order valence-electron chi connectivity index (χ0n) is 18.5. The van der Waals surface area contributed by atoms with Crippen LogP contribution in [-0.2, 0) is 9.84 Å². The van der Waals surface area contributed by atoms with Crippen molar-refractivity contribution >= 4 is 61.6 Å².